The van der Waals surface area contributed by atoms with Crippen molar-refractivity contribution in [2.45, 2.75) is 18.9 Å². The summed E-state index contributed by atoms with van der Waals surface area (Å²) in [6.45, 7) is 1.99. The van der Waals surface area contributed by atoms with Gasteiger partial charge >= 0.3 is 8.18 Å². The highest BCUT2D eigenvalue weighted by molar-refractivity contribution is 7.36. The van der Waals surface area contributed by atoms with E-state index >= 15 is 0 Å². The van der Waals surface area contributed by atoms with Gasteiger partial charge in [0.15, 0.2) is 5.96 Å². The predicted octanol–water partition coefficient (Wildman–Crippen LogP) is -0.154. The highest BCUT2D eigenvalue weighted by Crippen LogP contribution is 2.28. The number of aliphatic imine (C=N–C) groups is 1. The summed E-state index contributed by atoms with van der Waals surface area (Å²) < 4.78 is 26.4. The van der Waals surface area contributed by atoms with Crippen molar-refractivity contribution in [2.75, 3.05) is 39.1 Å². The van der Waals surface area contributed by atoms with E-state index in [4.69, 9.17) is 15.0 Å². The molecule has 126 valence electrons. The molecule has 2 aliphatic rings. The molecule has 0 amide bonds. The Morgan fingerprint density at radius 3 is 3.17 bits per heavy atom. The second kappa shape index (κ2) is 6.90. The van der Waals surface area contributed by atoms with Crippen LogP contribution >= 0.6 is 8.18 Å². The Kier molecular flexibility index (Phi) is 4.88. The van der Waals surface area contributed by atoms with Crippen LogP contribution in [0.3, 0.4) is 0 Å². The molecule has 1 fully saturated rings. The third-order valence-corrected chi connectivity index (χ3v) is 4.59. The minimum Gasteiger partial charge on any atom is -0.370 e. The van der Waals surface area contributed by atoms with Crippen LogP contribution < -0.4 is 16.4 Å². The van der Waals surface area contributed by atoms with Crippen molar-refractivity contribution in [2.24, 2.45) is 10.7 Å². The number of nitrogens with one attached hydrogen (secondary N) is 2. The van der Waals surface area contributed by atoms with Crippen molar-refractivity contribution >= 4 is 20.0 Å². The second-order valence-electron chi connectivity index (χ2n) is 5.53. The Bertz CT molecular complexity index is 618. The molecule has 4 N–H and O–H groups in total. The average Bonchev–Trinajstić information content (AvgIpc) is 2.95. The van der Waals surface area contributed by atoms with Crippen molar-refractivity contribution < 1.29 is 13.8 Å². The van der Waals surface area contributed by atoms with Crippen LogP contribution in [0.25, 0.3) is 0 Å². The smallest absolute Gasteiger partial charge is 0.370 e. The summed E-state index contributed by atoms with van der Waals surface area (Å²) >= 11 is 0. The second-order valence-corrected chi connectivity index (χ2v) is 7.06. The Morgan fingerprint density at radius 1 is 1.57 bits per heavy atom. The number of morpholine rings is 1. The zero-order chi connectivity index (χ0) is 16.4. The van der Waals surface area contributed by atoms with Crippen LogP contribution in [-0.2, 0) is 20.4 Å². The summed E-state index contributed by atoms with van der Waals surface area (Å²) in [5.74, 6) is 1.16. The Hall–Kier alpha value is -1.58. The van der Waals surface area contributed by atoms with Crippen LogP contribution in [-0.4, -0.2) is 60.1 Å². The van der Waals surface area contributed by atoms with Crippen molar-refractivity contribution in [3.05, 3.63) is 12.0 Å². The largest absolute Gasteiger partial charge is 0.615 e. The number of rotatable bonds is 5. The Morgan fingerprint density at radius 2 is 2.39 bits per heavy atom. The standard InChI is InChI=1S/C12H21N7O3P/c1-18(2)23(20)21-6-8-3-14-5-10(22-8)19-7-16-9-4-15-12(13)17-11(9)19/h7-8,10,14H,3-6H2,1-2H3,(H3,13,15,17)/q+1/t8-,10+/m0/s1. The van der Waals surface area contributed by atoms with E-state index in [9.17, 15) is 4.57 Å². The van der Waals surface area contributed by atoms with E-state index in [2.05, 4.69) is 20.6 Å². The molecule has 0 radical (unpaired) electrons. The number of anilines is 1. The number of fused-ring (bicyclic) bond motifs is 1. The normalized spacial score (nSPS) is 24.8. The van der Waals surface area contributed by atoms with Gasteiger partial charge in [-0.15, -0.1) is 4.52 Å². The lowest BCUT2D eigenvalue weighted by molar-refractivity contribution is -0.0900. The van der Waals surface area contributed by atoms with Gasteiger partial charge in [-0.2, -0.15) is 0 Å². The lowest BCUT2D eigenvalue weighted by Crippen LogP contribution is -2.44. The summed E-state index contributed by atoms with van der Waals surface area (Å²) in [6, 6.07) is 0. The van der Waals surface area contributed by atoms with Gasteiger partial charge in [0.25, 0.3) is 0 Å². The lowest BCUT2D eigenvalue weighted by atomic mass is 10.3. The number of nitrogens with zero attached hydrogens (tertiary/aromatic N) is 4. The summed E-state index contributed by atoms with van der Waals surface area (Å²) in [7, 11) is 1.58. The molecule has 11 heteroatoms. The number of nitrogens with two attached hydrogens (primary N) is 1. The van der Waals surface area contributed by atoms with Crippen LogP contribution in [0.15, 0.2) is 11.3 Å². The van der Waals surface area contributed by atoms with Crippen molar-refractivity contribution in [3.63, 3.8) is 0 Å². The van der Waals surface area contributed by atoms with Gasteiger partial charge in [-0.3, -0.25) is 4.57 Å². The van der Waals surface area contributed by atoms with Gasteiger partial charge < -0.3 is 21.1 Å². The Labute approximate surface area is 135 Å². The van der Waals surface area contributed by atoms with E-state index in [1.165, 1.54) is 4.67 Å². The van der Waals surface area contributed by atoms with E-state index in [0.29, 0.717) is 25.6 Å². The van der Waals surface area contributed by atoms with Crippen LogP contribution in [0, 0.1) is 0 Å². The van der Waals surface area contributed by atoms with Gasteiger partial charge in [0.1, 0.15) is 30.5 Å². The molecule has 0 spiro atoms. The third-order valence-electron chi connectivity index (χ3n) is 3.56. The molecule has 0 aromatic carbocycles. The molecular weight excluding hydrogens is 321 g/mol. The molecule has 0 aliphatic carbocycles. The zero-order valence-corrected chi connectivity index (χ0v) is 14.0. The summed E-state index contributed by atoms with van der Waals surface area (Å²) in [5.41, 5.74) is 6.56. The minimum atomic E-state index is -1.83. The van der Waals surface area contributed by atoms with Crippen molar-refractivity contribution in [3.8, 4) is 0 Å². The fourth-order valence-corrected chi connectivity index (χ4v) is 2.93. The van der Waals surface area contributed by atoms with Gasteiger partial charge in [-0.05, 0) is 4.57 Å². The number of imidazole rings is 1. The van der Waals surface area contributed by atoms with Crippen LogP contribution in [0.4, 0.5) is 5.82 Å². The number of aromatic nitrogens is 2. The zero-order valence-electron chi connectivity index (χ0n) is 13.1. The highest BCUT2D eigenvalue weighted by Gasteiger charge is 2.30. The maximum atomic E-state index is 11.6. The van der Waals surface area contributed by atoms with Crippen molar-refractivity contribution in [1.82, 2.24) is 19.5 Å². The maximum Gasteiger partial charge on any atom is 0.615 e. The summed E-state index contributed by atoms with van der Waals surface area (Å²) in [5, 5.41) is 6.31. The Balaban J connectivity index is 1.63. The first-order chi connectivity index (χ1) is 11.0. The molecule has 3 heterocycles. The van der Waals surface area contributed by atoms with Gasteiger partial charge in [-0.25, -0.2) is 9.98 Å². The van der Waals surface area contributed by atoms with E-state index < -0.39 is 8.18 Å². The SMILES string of the molecule is CN(C)[P+](=O)OC[C@@H]1CNC[C@H](n2cnc3c2NC(N)=NC3)O1. The number of ether oxygens (including phenoxy) is 1. The first-order valence-corrected chi connectivity index (χ1v) is 8.44. The number of guanidine groups is 1. The average molecular weight is 342 g/mol. The quantitative estimate of drug-likeness (QED) is 0.632. The molecule has 3 rings (SSSR count). The third kappa shape index (κ3) is 3.67. The fourth-order valence-electron chi connectivity index (χ4n) is 2.40. The van der Waals surface area contributed by atoms with E-state index in [0.717, 1.165) is 11.5 Å². The molecule has 3 atom stereocenters. The molecule has 1 aromatic heterocycles. The van der Waals surface area contributed by atoms with E-state index in [1.807, 2.05) is 4.57 Å². The number of hydrogen-bond donors (Lipinski definition) is 3. The van der Waals surface area contributed by atoms with Gasteiger partial charge in [0.2, 0.25) is 0 Å². The minimum absolute atomic E-state index is 0.194. The molecule has 10 nitrogen and oxygen atoms in total. The first-order valence-electron chi connectivity index (χ1n) is 7.31. The maximum absolute atomic E-state index is 11.6. The fraction of sp³-hybridized carbons (Fsp3) is 0.667. The molecule has 1 saturated heterocycles. The monoisotopic (exact) mass is 342 g/mol. The van der Waals surface area contributed by atoms with Gasteiger partial charge in [-0.1, -0.05) is 4.67 Å². The molecule has 0 bridgehead atoms. The van der Waals surface area contributed by atoms with Gasteiger partial charge in [0, 0.05) is 27.2 Å². The first kappa shape index (κ1) is 16.3. The molecule has 1 aromatic rings. The molecule has 1 unspecified atom stereocenters. The molecule has 2 aliphatic heterocycles. The topological polar surface area (TPSA) is 119 Å². The lowest BCUT2D eigenvalue weighted by Gasteiger charge is -2.31. The van der Waals surface area contributed by atoms with Crippen LogP contribution in [0.1, 0.15) is 11.9 Å². The molecular formula is C12H21N7O3P+. The highest BCUT2D eigenvalue weighted by atomic mass is 31.1. The number of hydrogen-bond acceptors (Lipinski definition) is 8. The summed E-state index contributed by atoms with van der Waals surface area (Å²) in [4.78, 5) is 8.44. The van der Waals surface area contributed by atoms with Gasteiger partial charge in [0.05, 0.1) is 12.9 Å². The molecule has 23 heavy (non-hydrogen) atoms. The van der Waals surface area contributed by atoms with Crippen LogP contribution in [0.2, 0.25) is 0 Å². The molecule has 0 saturated carbocycles. The van der Waals surface area contributed by atoms with E-state index in [1.54, 1.807) is 20.4 Å². The van der Waals surface area contributed by atoms with Crippen LogP contribution in [0.5, 0.6) is 0 Å². The van der Waals surface area contributed by atoms with Crippen molar-refractivity contribution in [1.29, 1.82) is 0 Å². The summed E-state index contributed by atoms with van der Waals surface area (Å²) in [6.07, 6.45) is 1.27. The van der Waals surface area contributed by atoms with E-state index in [-0.39, 0.29) is 18.9 Å². The predicted molar refractivity (Wildman–Crippen MR) is 85.2 cm³/mol.